The molecule has 1 N–H and O–H groups in total. The predicted molar refractivity (Wildman–Crippen MR) is 80.0 cm³/mol. The van der Waals surface area contributed by atoms with Crippen molar-refractivity contribution < 1.29 is 0 Å². The Morgan fingerprint density at radius 1 is 1.53 bits per heavy atom. The predicted octanol–water partition coefficient (Wildman–Crippen LogP) is 4.70. The molecule has 1 saturated carbocycles. The highest BCUT2D eigenvalue weighted by atomic mass is 79.9. The molecule has 1 heterocycles. The van der Waals surface area contributed by atoms with E-state index in [9.17, 15) is 0 Å². The summed E-state index contributed by atoms with van der Waals surface area (Å²) in [6, 6.07) is 3.03. The summed E-state index contributed by atoms with van der Waals surface area (Å²) in [4.78, 5) is 1.48. The lowest BCUT2D eigenvalue weighted by Crippen LogP contribution is -2.56. The van der Waals surface area contributed by atoms with Gasteiger partial charge in [0, 0.05) is 10.9 Å². The fraction of sp³-hybridized carbons (Fsp3) is 0.714. The summed E-state index contributed by atoms with van der Waals surface area (Å²) in [5, 5.41) is 3.64. The molecule has 0 spiro atoms. The summed E-state index contributed by atoms with van der Waals surface area (Å²) >= 11 is 5.48. The number of thiophene rings is 1. The van der Waals surface area contributed by atoms with Gasteiger partial charge in [-0.25, -0.2) is 0 Å². The van der Waals surface area contributed by atoms with Crippen LogP contribution in [0.3, 0.4) is 0 Å². The van der Waals surface area contributed by atoms with Crippen molar-refractivity contribution in [3.8, 4) is 0 Å². The molecule has 1 fully saturated rings. The number of hydrogen-bond donors (Lipinski definition) is 1. The minimum Gasteiger partial charge on any atom is -0.314 e. The SMILES string of the molecule is CCNC1CC(c2cc(Br)sc2C)C1(C)CC. The molecule has 0 bridgehead atoms. The molecule has 0 saturated heterocycles. The first-order chi connectivity index (χ1) is 8.02. The van der Waals surface area contributed by atoms with Gasteiger partial charge in [-0.3, -0.25) is 0 Å². The molecule has 1 nitrogen and oxygen atoms in total. The van der Waals surface area contributed by atoms with Crippen molar-refractivity contribution in [3.63, 3.8) is 0 Å². The van der Waals surface area contributed by atoms with Crippen LogP contribution < -0.4 is 5.32 Å². The Kier molecular flexibility index (Phi) is 4.01. The Labute approximate surface area is 117 Å². The number of aryl methyl sites for hydroxylation is 1. The lowest BCUT2D eigenvalue weighted by molar-refractivity contribution is 0.0454. The first-order valence-electron chi connectivity index (χ1n) is 6.52. The van der Waals surface area contributed by atoms with Gasteiger partial charge in [0.25, 0.3) is 0 Å². The monoisotopic (exact) mass is 315 g/mol. The maximum atomic E-state index is 3.64. The van der Waals surface area contributed by atoms with Gasteiger partial charge in [0.1, 0.15) is 0 Å². The van der Waals surface area contributed by atoms with Gasteiger partial charge in [-0.2, -0.15) is 0 Å². The van der Waals surface area contributed by atoms with Gasteiger partial charge in [-0.1, -0.05) is 20.8 Å². The standard InChI is InChI=1S/C14H22BrNS/c1-5-14(4)11(8-12(14)16-6-2)10-7-13(15)17-9(10)3/h7,11-12,16H,5-6,8H2,1-4H3. The quantitative estimate of drug-likeness (QED) is 0.849. The summed E-state index contributed by atoms with van der Waals surface area (Å²) in [5.74, 6) is 0.735. The van der Waals surface area contributed by atoms with Crippen LogP contribution in [-0.4, -0.2) is 12.6 Å². The van der Waals surface area contributed by atoms with Crippen LogP contribution in [0.1, 0.15) is 50.0 Å². The molecular weight excluding hydrogens is 294 g/mol. The van der Waals surface area contributed by atoms with Gasteiger partial charge in [0.15, 0.2) is 0 Å². The fourth-order valence-electron chi connectivity index (χ4n) is 3.20. The van der Waals surface area contributed by atoms with E-state index in [4.69, 9.17) is 0 Å². The molecule has 1 aromatic rings. The molecule has 17 heavy (non-hydrogen) atoms. The van der Waals surface area contributed by atoms with Gasteiger partial charge in [0.05, 0.1) is 3.79 Å². The third-order valence-electron chi connectivity index (χ3n) is 4.58. The summed E-state index contributed by atoms with van der Waals surface area (Å²) in [5.41, 5.74) is 2.00. The van der Waals surface area contributed by atoms with Crippen LogP contribution in [-0.2, 0) is 0 Å². The zero-order valence-electron chi connectivity index (χ0n) is 11.1. The van der Waals surface area contributed by atoms with Crippen LogP contribution in [0.15, 0.2) is 9.85 Å². The van der Waals surface area contributed by atoms with Crippen LogP contribution in [0.5, 0.6) is 0 Å². The van der Waals surface area contributed by atoms with Crippen LogP contribution in [0.25, 0.3) is 0 Å². The Bertz CT molecular complexity index is 401. The second kappa shape index (κ2) is 5.02. The van der Waals surface area contributed by atoms with E-state index in [1.807, 2.05) is 11.3 Å². The number of rotatable bonds is 4. The van der Waals surface area contributed by atoms with Crippen molar-refractivity contribution >= 4 is 27.3 Å². The van der Waals surface area contributed by atoms with Gasteiger partial charge < -0.3 is 5.32 Å². The Hall–Kier alpha value is 0.140. The number of hydrogen-bond acceptors (Lipinski definition) is 2. The number of nitrogens with one attached hydrogen (secondary N) is 1. The average Bonchev–Trinajstić information content (AvgIpc) is 2.61. The Morgan fingerprint density at radius 3 is 2.71 bits per heavy atom. The maximum absolute atomic E-state index is 3.64. The first kappa shape index (κ1) is 13.6. The molecule has 1 aliphatic carbocycles. The van der Waals surface area contributed by atoms with Crippen LogP contribution >= 0.6 is 27.3 Å². The second-order valence-corrected chi connectivity index (χ2v) is 7.96. The van der Waals surface area contributed by atoms with E-state index in [-0.39, 0.29) is 0 Å². The molecule has 1 aromatic heterocycles. The van der Waals surface area contributed by atoms with E-state index in [2.05, 4.69) is 55.0 Å². The molecular formula is C14H22BrNS. The van der Waals surface area contributed by atoms with Crippen LogP contribution in [0, 0.1) is 12.3 Å². The molecule has 0 radical (unpaired) electrons. The first-order valence-corrected chi connectivity index (χ1v) is 8.13. The molecule has 0 amide bonds. The molecule has 0 aliphatic heterocycles. The maximum Gasteiger partial charge on any atom is 0.0704 e. The third kappa shape index (κ3) is 2.22. The van der Waals surface area contributed by atoms with Gasteiger partial charge in [0.2, 0.25) is 0 Å². The fourth-order valence-corrected chi connectivity index (χ4v) is 4.97. The summed E-state index contributed by atoms with van der Waals surface area (Å²) in [6.45, 7) is 10.3. The van der Waals surface area contributed by atoms with E-state index in [1.54, 1.807) is 5.56 Å². The van der Waals surface area contributed by atoms with Crippen molar-refractivity contribution in [1.29, 1.82) is 0 Å². The number of halogens is 1. The van der Waals surface area contributed by atoms with E-state index < -0.39 is 0 Å². The van der Waals surface area contributed by atoms with Crippen molar-refractivity contribution in [3.05, 3.63) is 20.3 Å². The molecule has 1 aliphatic rings. The molecule has 3 atom stereocenters. The minimum absolute atomic E-state index is 0.432. The minimum atomic E-state index is 0.432. The lowest BCUT2D eigenvalue weighted by Gasteiger charge is -2.55. The third-order valence-corrected chi connectivity index (χ3v) is 6.15. The van der Waals surface area contributed by atoms with Crippen LogP contribution in [0.4, 0.5) is 0 Å². The van der Waals surface area contributed by atoms with Gasteiger partial charge in [-0.05, 0) is 65.2 Å². The van der Waals surface area contributed by atoms with Crippen molar-refractivity contribution in [2.24, 2.45) is 5.41 Å². The summed E-state index contributed by atoms with van der Waals surface area (Å²) in [6.07, 6.45) is 2.55. The van der Waals surface area contributed by atoms with E-state index in [0.29, 0.717) is 11.5 Å². The highest BCUT2D eigenvalue weighted by molar-refractivity contribution is 9.11. The van der Waals surface area contributed by atoms with Crippen molar-refractivity contribution in [2.75, 3.05) is 6.54 Å². The molecule has 3 heteroatoms. The molecule has 96 valence electrons. The van der Waals surface area contributed by atoms with Crippen molar-refractivity contribution in [1.82, 2.24) is 5.32 Å². The molecule has 3 unspecified atom stereocenters. The normalized spacial score (nSPS) is 32.5. The highest BCUT2D eigenvalue weighted by Crippen LogP contribution is 2.56. The van der Waals surface area contributed by atoms with Gasteiger partial charge >= 0.3 is 0 Å². The van der Waals surface area contributed by atoms with Gasteiger partial charge in [-0.15, -0.1) is 11.3 Å². The Morgan fingerprint density at radius 2 is 2.24 bits per heavy atom. The highest BCUT2D eigenvalue weighted by Gasteiger charge is 2.50. The second-order valence-electron chi connectivity index (χ2n) is 5.32. The summed E-state index contributed by atoms with van der Waals surface area (Å²) < 4.78 is 1.27. The van der Waals surface area contributed by atoms with E-state index >= 15 is 0 Å². The smallest absolute Gasteiger partial charge is 0.0704 e. The van der Waals surface area contributed by atoms with E-state index in [1.165, 1.54) is 21.5 Å². The molecule has 0 aromatic carbocycles. The lowest BCUT2D eigenvalue weighted by atomic mass is 9.54. The Balaban J connectivity index is 2.21. The van der Waals surface area contributed by atoms with Crippen LogP contribution in [0.2, 0.25) is 0 Å². The molecule has 2 rings (SSSR count). The largest absolute Gasteiger partial charge is 0.314 e. The van der Waals surface area contributed by atoms with E-state index in [0.717, 1.165) is 12.5 Å². The van der Waals surface area contributed by atoms with Crippen molar-refractivity contribution in [2.45, 2.75) is 52.5 Å². The zero-order valence-corrected chi connectivity index (χ0v) is 13.5. The average molecular weight is 316 g/mol. The summed E-state index contributed by atoms with van der Waals surface area (Å²) in [7, 11) is 0. The zero-order chi connectivity index (χ0) is 12.6. The topological polar surface area (TPSA) is 12.0 Å².